The van der Waals surface area contributed by atoms with Crippen LogP contribution in [0.3, 0.4) is 0 Å². The maximum absolute atomic E-state index is 12.9. The Morgan fingerprint density at radius 2 is 1.54 bits per heavy atom. The molecule has 1 N–H and O–H groups in total. The fourth-order valence-corrected chi connectivity index (χ4v) is 3.57. The molecule has 2 amide bonds. The molecule has 0 bridgehead atoms. The molecular weight excluding hydrogens is 320 g/mol. The van der Waals surface area contributed by atoms with Crippen molar-refractivity contribution >= 4 is 17.4 Å². The van der Waals surface area contributed by atoms with E-state index < -0.39 is 0 Å². The number of nitrogens with one attached hydrogen (secondary N) is 1. The van der Waals surface area contributed by atoms with Crippen molar-refractivity contribution in [2.24, 2.45) is 5.41 Å². The second-order valence-corrected chi connectivity index (χ2v) is 7.60. The smallest absolute Gasteiger partial charge is 0.326 e. The van der Waals surface area contributed by atoms with Gasteiger partial charge in [-0.2, -0.15) is 0 Å². The zero-order valence-corrected chi connectivity index (χ0v) is 16.0. The summed E-state index contributed by atoms with van der Waals surface area (Å²) in [4.78, 5) is 14.7. The summed E-state index contributed by atoms with van der Waals surface area (Å²) < 4.78 is 0. The minimum Gasteiger partial charge on any atom is -0.337 e. The molecule has 1 aliphatic rings. The molecule has 2 aromatic carbocycles. The van der Waals surface area contributed by atoms with E-state index in [0.717, 1.165) is 24.2 Å². The van der Waals surface area contributed by atoms with E-state index in [1.165, 1.54) is 17.6 Å². The summed E-state index contributed by atoms with van der Waals surface area (Å²) in [5, 5.41) is 3.11. The quantitative estimate of drug-likeness (QED) is 0.654. The number of para-hydroxylation sites is 2. The SMILES string of the molecule is CC1=C(CCNC(=O)N(c2ccccc2)c2ccccc2)CCC1(C)C. The fraction of sp³-hybridized carbons (Fsp3) is 0.348. The monoisotopic (exact) mass is 348 g/mol. The van der Waals surface area contributed by atoms with Crippen LogP contribution in [0.2, 0.25) is 0 Å². The lowest BCUT2D eigenvalue weighted by atomic mass is 9.86. The summed E-state index contributed by atoms with van der Waals surface area (Å²) in [6, 6.07) is 19.5. The van der Waals surface area contributed by atoms with Crippen molar-refractivity contribution in [3.8, 4) is 0 Å². The van der Waals surface area contributed by atoms with Crippen molar-refractivity contribution in [3.63, 3.8) is 0 Å². The lowest BCUT2D eigenvalue weighted by molar-refractivity contribution is 0.248. The molecule has 136 valence electrons. The summed E-state index contributed by atoms with van der Waals surface area (Å²) in [6.45, 7) is 7.52. The van der Waals surface area contributed by atoms with Crippen molar-refractivity contribution in [3.05, 3.63) is 71.8 Å². The highest BCUT2D eigenvalue weighted by Crippen LogP contribution is 2.42. The minimum absolute atomic E-state index is 0.0853. The van der Waals surface area contributed by atoms with Gasteiger partial charge in [0, 0.05) is 6.54 Å². The van der Waals surface area contributed by atoms with Gasteiger partial charge in [0.1, 0.15) is 0 Å². The van der Waals surface area contributed by atoms with Crippen LogP contribution in [0.5, 0.6) is 0 Å². The third kappa shape index (κ3) is 3.98. The molecule has 3 heteroatoms. The van der Waals surface area contributed by atoms with Gasteiger partial charge in [0.25, 0.3) is 0 Å². The first-order valence-corrected chi connectivity index (χ1v) is 9.36. The van der Waals surface area contributed by atoms with E-state index in [9.17, 15) is 4.79 Å². The predicted octanol–water partition coefficient (Wildman–Crippen LogP) is 6.06. The van der Waals surface area contributed by atoms with Crippen LogP contribution in [-0.2, 0) is 0 Å². The molecule has 0 aromatic heterocycles. The molecule has 1 aliphatic carbocycles. The Hall–Kier alpha value is -2.55. The Labute approximate surface area is 156 Å². The van der Waals surface area contributed by atoms with Gasteiger partial charge in [-0.05, 0) is 55.9 Å². The first kappa shape index (κ1) is 18.2. The number of hydrogen-bond acceptors (Lipinski definition) is 1. The van der Waals surface area contributed by atoms with Gasteiger partial charge in [0.2, 0.25) is 0 Å². The van der Waals surface area contributed by atoms with Crippen LogP contribution in [0, 0.1) is 5.41 Å². The van der Waals surface area contributed by atoms with E-state index in [4.69, 9.17) is 0 Å². The van der Waals surface area contributed by atoms with Gasteiger partial charge in [-0.15, -0.1) is 0 Å². The number of carbonyl (C=O) groups is 1. The first-order valence-electron chi connectivity index (χ1n) is 9.36. The molecule has 0 saturated heterocycles. The van der Waals surface area contributed by atoms with Crippen molar-refractivity contribution in [1.82, 2.24) is 5.32 Å². The van der Waals surface area contributed by atoms with Gasteiger partial charge in [-0.3, -0.25) is 4.90 Å². The molecule has 0 saturated carbocycles. The third-order valence-corrected chi connectivity index (χ3v) is 5.53. The zero-order valence-electron chi connectivity index (χ0n) is 16.0. The van der Waals surface area contributed by atoms with E-state index in [2.05, 4.69) is 26.1 Å². The number of rotatable bonds is 5. The molecule has 0 fully saturated rings. The maximum atomic E-state index is 12.9. The Kier molecular flexibility index (Phi) is 5.46. The van der Waals surface area contributed by atoms with Crippen LogP contribution in [0.1, 0.15) is 40.0 Å². The van der Waals surface area contributed by atoms with Gasteiger partial charge in [-0.25, -0.2) is 4.79 Å². The number of nitrogens with zero attached hydrogens (tertiary/aromatic N) is 1. The summed E-state index contributed by atoms with van der Waals surface area (Å²) in [5.74, 6) is 0. The van der Waals surface area contributed by atoms with Crippen LogP contribution >= 0.6 is 0 Å². The van der Waals surface area contributed by atoms with Gasteiger partial charge >= 0.3 is 6.03 Å². The standard InChI is InChI=1S/C23H28N2O/c1-18-19(14-16-23(18,2)3)15-17-24-22(26)25(20-10-6-4-7-11-20)21-12-8-5-9-13-21/h4-13H,14-17H2,1-3H3,(H,24,26). The largest absolute Gasteiger partial charge is 0.337 e. The van der Waals surface area contributed by atoms with Gasteiger partial charge in [0.05, 0.1) is 11.4 Å². The molecule has 0 spiro atoms. The number of hydrogen-bond donors (Lipinski definition) is 1. The van der Waals surface area contributed by atoms with E-state index in [1.807, 2.05) is 60.7 Å². The molecule has 0 aliphatic heterocycles. The van der Waals surface area contributed by atoms with E-state index >= 15 is 0 Å². The first-order chi connectivity index (χ1) is 12.5. The van der Waals surface area contributed by atoms with E-state index in [0.29, 0.717) is 12.0 Å². The van der Waals surface area contributed by atoms with Gasteiger partial charge < -0.3 is 5.32 Å². The highest BCUT2D eigenvalue weighted by molar-refractivity contribution is 5.99. The number of amides is 2. The lowest BCUT2D eigenvalue weighted by Crippen LogP contribution is -2.37. The molecule has 0 heterocycles. The normalized spacial score (nSPS) is 15.8. The topological polar surface area (TPSA) is 32.3 Å². The van der Waals surface area contributed by atoms with Crippen LogP contribution in [0.25, 0.3) is 0 Å². The Morgan fingerprint density at radius 1 is 1.00 bits per heavy atom. The summed E-state index contributed by atoms with van der Waals surface area (Å²) in [5.41, 5.74) is 5.04. The Bertz CT molecular complexity index is 739. The fourth-order valence-electron chi connectivity index (χ4n) is 3.57. The van der Waals surface area contributed by atoms with Crippen LogP contribution in [0.4, 0.5) is 16.2 Å². The molecule has 26 heavy (non-hydrogen) atoms. The zero-order chi connectivity index (χ0) is 18.6. The summed E-state index contributed by atoms with van der Waals surface area (Å²) >= 11 is 0. The second kappa shape index (κ2) is 7.77. The highest BCUT2D eigenvalue weighted by Gasteiger charge is 2.28. The van der Waals surface area contributed by atoms with E-state index in [-0.39, 0.29) is 6.03 Å². The highest BCUT2D eigenvalue weighted by atomic mass is 16.2. The van der Waals surface area contributed by atoms with Crippen LogP contribution < -0.4 is 10.2 Å². The van der Waals surface area contributed by atoms with Crippen LogP contribution in [-0.4, -0.2) is 12.6 Å². The number of benzene rings is 2. The molecular formula is C23H28N2O. The van der Waals surface area contributed by atoms with Crippen molar-refractivity contribution in [2.75, 3.05) is 11.4 Å². The van der Waals surface area contributed by atoms with Gasteiger partial charge in [0.15, 0.2) is 0 Å². The minimum atomic E-state index is -0.0853. The lowest BCUT2D eigenvalue weighted by Gasteiger charge is -2.23. The van der Waals surface area contributed by atoms with Crippen molar-refractivity contribution in [1.29, 1.82) is 0 Å². The predicted molar refractivity (Wildman–Crippen MR) is 109 cm³/mol. The molecule has 2 aromatic rings. The molecule has 3 rings (SSSR count). The average Bonchev–Trinajstić information content (AvgIpc) is 2.91. The third-order valence-electron chi connectivity index (χ3n) is 5.53. The number of carbonyl (C=O) groups excluding carboxylic acids is 1. The number of anilines is 2. The van der Waals surface area contributed by atoms with E-state index in [1.54, 1.807) is 4.90 Å². The molecule has 0 unspecified atom stereocenters. The second-order valence-electron chi connectivity index (χ2n) is 7.60. The molecule has 0 radical (unpaired) electrons. The number of allylic oxidation sites excluding steroid dienone is 1. The van der Waals surface area contributed by atoms with Crippen molar-refractivity contribution in [2.45, 2.75) is 40.0 Å². The Morgan fingerprint density at radius 3 is 2.00 bits per heavy atom. The number of urea groups is 1. The Balaban J connectivity index is 1.70. The van der Waals surface area contributed by atoms with Crippen molar-refractivity contribution < 1.29 is 4.79 Å². The van der Waals surface area contributed by atoms with Crippen LogP contribution in [0.15, 0.2) is 71.8 Å². The molecule has 0 atom stereocenters. The van der Waals surface area contributed by atoms with Gasteiger partial charge in [-0.1, -0.05) is 61.4 Å². The summed E-state index contributed by atoms with van der Waals surface area (Å²) in [6.07, 6.45) is 3.29. The molecule has 3 nitrogen and oxygen atoms in total. The maximum Gasteiger partial charge on any atom is 0.326 e. The summed E-state index contributed by atoms with van der Waals surface area (Å²) in [7, 11) is 0. The average molecular weight is 348 g/mol.